The lowest BCUT2D eigenvalue weighted by molar-refractivity contribution is 0.134. The van der Waals surface area contributed by atoms with Crippen molar-refractivity contribution in [2.75, 3.05) is 0 Å². The zero-order valence-corrected chi connectivity index (χ0v) is 15.1. The first-order valence-electron chi connectivity index (χ1n) is 9.15. The summed E-state index contributed by atoms with van der Waals surface area (Å²) in [5, 5.41) is 0. The Morgan fingerprint density at radius 1 is 0.654 bits per heavy atom. The van der Waals surface area contributed by atoms with Crippen LogP contribution in [0.25, 0.3) is 0 Å². The van der Waals surface area contributed by atoms with Crippen LogP contribution in [0.1, 0.15) is 29.8 Å². The summed E-state index contributed by atoms with van der Waals surface area (Å²) in [6, 6.07) is 32.2. The van der Waals surface area contributed by atoms with Gasteiger partial charge in [-0.05, 0) is 23.6 Å². The number of rotatable bonds is 5. The molecule has 0 saturated carbocycles. The number of hydrogen-bond donors (Lipinski definition) is 0. The van der Waals surface area contributed by atoms with E-state index in [1.54, 1.807) is 0 Å². The van der Waals surface area contributed by atoms with Crippen molar-refractivity contribution < 1.29 is 0 Å². The lowest BCUT2D eigenvalue weighted by atomic mass is 10.1. The summed E-state index contributed by atoms with van der Waals surface area (Å²) in [6.45, 7) is 4.03. The first-order valence-corrected chi connectivity index (χ1v) is 9.15. The van der Waals surface area contributed by atoms with Gasteiger partial charge in [0.15, 0.2) is 0 Å². The molecule has 0 aliphatic carbocycles. The largest absolute Gasteiger partial charge is 0.348 e. The van der Waals surface area contributed by atoms with E-state index in [1.807, 2.05) is 0 Å². The first-order chi connectivity index (χ1) is 12.8. The molecule has 130 valence electrons. The third kappa shape index (κ3) is 3.50. The summed E-state index contributed by atoms with van der Waals surface area (Å²) in [4.78, 5) is 4.94. The maximum Gasteiger partial charge on any atom is 0.128 e. The Kier molecular flexibility index (Phi) is 4.74. The Balaban J connectivity index is 1.65. The Morgan fingerprint density at radius 2 is 1.15 bits per heavy atom. The molecule has 26 heavy (non-hydrogen) atoms. The average Bonchev–Trinajstić information content (AvgIpc) is 2.99. The third-order valence-corrected chi connectivity index (χ3v) is 4.92. The van der Waals surface area contributed by atoms with Gasteiger partial charge in [0.1, 0.15) is 6.17 Å². The molecule has 4 rings (SSSR count). The summed E-state index contributed by atoms with van der Waals surface area (Å²) >= 11 is 0. The quantitative estimate of drug-likeness (QED) is 0.599. The van der Waals surface area contributed by atoms with Crippen LogP contribution >= 0.6 is 0 Å². The van der Waals surface area contributed by atoms with Crippen molar-refractivity contribution in [2.24, 2.45) is 0 Å². The number of benzene rings is 3. The van der Waals surface area contributed by atoms with Gasteiger partial charge >= 0.3 is 0 Å². The van der Waals surface area contributed by atoms with E-state index in [1.165, 1.54) is 22.4 Å². The SMILES string of the molecule is CC1=CN(Cc2ccccc2)C(c2ccccc2)N1Cc1ccccc1. The van der Waals surface area contributed by atoms with E-state index in [-0.39, 0.29) is 6.17 Å². The van der Waals surface area contributed by atoms with Crippen LogP contribution in [0.4, 0.5) is 0 Å². The summed E-state index contributed by atoms with van der Waals surface area (Å²) in [6.07, 6.45) is 2.52. The summed E-state index contributed by atoms with van der Waals surface area (Å²) in [5.74, 6) is 0. The van der Waals surface area contributed by atoms with E-state index in [2.05, 4.69) is 114 Å². The van der Waals surface area contributed by atoms with E-state index in [9.17, 15) is 0 Å². The van der Waals surface area contributed by atoms with Gasteiger partial charge in [-0.2, -0.15) is 0 Å². The molecule has 2 nitrogen and oxygen atoms in total. The third-order valence-electron chi connectivity index (χ3n) is 4.92. The second kappa shape index (κ2) is 7.49. The minimum Gasteiger partial charge on any atom is -0.348 e. The van der Waals surface area contributed by atoms with Gasteiger partial charge in [0, 0.05) is 25.0 Å². The molecule has 1 aliphatic heterocycles. The standard InChI is InChI=1S/C24H24N2/c1-20-17-25(18-21-11-5-2-6-12-21)24(23-15-9-4-10-16-23)26(20)19-22-13-7-3-8-14-22/h2-17,24H,18-19H2,1H3. The molecule has 0 radical (unpaired) electrons. The van der Waals surface area contributed by atoms with Crippen LogP contribution in [0, 0.1) is 0 Å². The summed E-state index contributed by atoms with van der Waals surface area (Å²) in [5.41, 5.74) is 5.30. The second-order valence-electron chi connectivity index (χ2n) is 6.83. The zero-order valence-electron chi connectivity index (χ0n) is 15.1. The molecular formula is C24H24N2. The van der Waals surface area contributed by atoms with E-state index in [0.717, 1.165) is 13.1 Å². The smallest absolute Gasteiger partial charge is 0.128 e. The molecule has 0 N–H and O–H groups in total. The van der Waals surface area contributed by atoms with Crippen LogP contribution < -0.4 is 0 Å². The maximum atomic E-state index is 2.49. The lowest BCUT2D eigenvalue weighted by Crippen LogP contribution is -2.31. The molecule has 3 aromatic rings. The molecular weight excluding hydrogens is 316 g/mol. The van der Waals surface area contributed by atoms with E-state index >= 15 is 0 Å². The van der Waals surface area contributed by atoms with Crippen molar-refractivity contribution in [1.82, 2.24) is 9.80 Å². The molecule has 0 aromatic heterocycles. The van der Waals surface area contributed by atoms with Crippen LogP contribution in [-0.2, 0) is 13.1 Å². The minimum atomic E-state index is 0.219. The summed E-state index contributed by atoms with van der Waals surface area (Å²) in [7, 11) is 0. The number of hydrogen-bond acceptors (Lipinski definition) is 2. The van der Waals surface area contributed by atoms with Crippen LogP contribution in [-0.4, -0.2) is 9.80 Å². The molecule has 0 saturated heterocycles. The molecule has 1 unspecified atom stereocenters. The van der Waals surface area contributed by atoms with Crippen molar-refractivity contribution >= 4 is 0 Å². The molecule has 2 heteroatoms. The lowest BCUT2D eigenvalue weighted by Gasteiger charge is -2.34. The van der Waals surface area contributed by atoms with E-state index < -0.39 is 0 Å². The van der Waals surface area contributed by atoms with Gasteiger partial charge in [-0.15, -0.1) is 0 Å². The molecule has 1 atom stereocenters. The summed E-state index contributed by atoms with van der Waals surface area (Å²) < 4.78 is 0. The second-order valence-corrected chi connectivity index (χ2v) is 6.83. The molecule has 3 aromatic carbocycles. The average molecular weight is 340 g/mol. The highest BCUT2D eigenvalue weighted by Gasteiger charge is 2.31. The van der Waals surface area contributed by atoms with Crippen molar-refractivity contribution in [3.8, 4) is 0 Å². The molecule has 0 fully saturated rings. The van der Waals surface area contributed by atoms with Gasteiger partial charge < -0.3 is 9.80 Å². The first kappa shape index (κ1) is 16.5. The molecule has 0 spiro atoms. The fraction of sp³-hybridized carbons (Fsp3) is 0.167. The monoisotopic (exact) mass is 340 g/mol. The highest BCUT2D eigenvalue weighted by Crippen LogP contribution is 2.37. The zero-order chi connectivity index (χ0) is 17.8. The van der Waals surface area contributed by atoms with Gasteiger partial charge in [0.2, 0.25) is 0 Å². The van der Waals surface area contributed by atoms with E-state index in [0.29, 0.717) is 0 Å². The van der Waals surface area contributed by atoms with Gasteiger partial charge in [-0.1, -0.05) is 91.0 Å². The van der Waals surface area contributed by atoms with Crippen LogP contribution in [0.15, 0.2) is 103 Å². The van der Waals surface area contributed by atoms with Gasteiger partial charge in [-0.3, -0.25) is 0 Å². The van der Waals surface area contributed by atoms with Gasteiger partial charge in [-0.25, -0.2) is 0 Å². The fourth-order valence-electron chi connectivity index (χ4n) is 3.67. The topological polar surface area (TPSA) is 6.48 Å². The van der Waals surface area contributed by atoms with E-state index in [4.69, 9.17) is 0 Å². The Morgan fingerprint density at radius 3 is 1.73 bits per heavy atom. The number of nitrogens with zero attached hydrogens (tertiary/aromatic N) is 2. The molecule has 0 amide bonds. The normalized spacial score (nSPS) is 16.7. The minimum absolute atomic E-state index is 0.219. The number of allylic oxidation sites excluding steroid dienone is 1. The molecule has 1 aliphatic rings. The predicted octanol–water partition coefficient (Wildman–Crippen LogP) is 5.56. The van der Waals surface area contributed by atoms with Crippen LogP contribution in [0.2, 0.25) is 0 Å². The van der Waals surface area contributed by atoms with Gasteiger partial charge in [0.05, 0.1) is 0 Å². The Bertz CT molecular complexity index is 856. The van der Waals surface area contributed by atoms with Crippen molar-refractivity contribution in [3.05, 3.63) is 120 Å². The van der Waals surface area contributed by atoms with Crippen LogP contribution in [0.3, 0.4) is 0 Å². The highest BCUT2D eigenvalue weighted by atomic mass is 15.4. The van der Waals surface area contributed by atoms with Crippen molar-refractivity contribution in [1.29, 1.82) is 0 Å². The maximum absolute atomic E-state index is 2.49. The van der Waals surface area contributed by atoms with Crippen molar-refractivity contribution in [3.63, 3.8) is 0 Å². The molecule has 0 bridgehead atoms. The Hall–Kier alpha value is -3.00. The van der Waals surface area contributed by atoms with Gasteiger partial charge in [0.25, 0.3) is 0 Å². The fourth-order valence-corrected chi connectivity index (χ4v) is 3.67. The van der Waals surface area contributed by atoms with Crippen LogP contribution in [0.5, 0.6) is 0 Å². The van der Waals surface area contributed by atoms with Crippen molar-refractivity contribution in [2.45, 2.75) is 26.2 Å². The predicted molar refractivity (Wildman–Crippen MR) is 107 cm³/mol. The highest BCUT2D eigenvalue weighted by molar-refractivity contribution is 5.27. The molecule has 1 heterocycles. The Labute approximate surface area is 156 Å².